The summed E-state index contributed by atoms with van der Waals surface area (Å²) in [6, 6.07) is 8.13. The van der Waals surface area contributed by atoms with Crippen LogP contribution >= 0.6 is 11.8 Å². The van der Waals surface area contributed by atoms with Gasteiger partial charge in [-0.2, -0.15) is 0 Å². The molecule has 0 radical (unpaired) electrons. The monoisotopic (exact) mass is 271 g/mol. The van der Waals surface area contributed by atoms with Crippen molar-refractivity contribution in [2.45, 2.75) is 13.5 Å². The molecular weight excluding hydrogens is 258 g/mol. The summed E-state index contributed by atoms with van der Waals surface area (Å²) in [7, 11) is 0. The van der Waals surface area contributed by atoms with Crippen molar-refractivity contribution < 1.29 is 4.79 Å². The number of amidine groups is 1. The van der Waals surface area contributed by atoms with Gasteiger partial charge in [-0.1, -0.05) is 18.2 Å². The van der Waals surface area contributed by atoms with Gasteiger partial charge in [0, 0.05) is 29.2 Å². The van der Waals surface area contributed by atoms with E-state index in [1.807, 2.05) is 24.4 Å². The maximum Gasteiger partial charge on any atom is 0.264 e. The Labute approximate surface area is 115 Å². The minimum absolute atomic E-state index is 0.190. The van der Waals surface area contributed by atoms with E-state index in [0.717, 1.165) is 23.0 Å². The van der Waals surface area contributed by atoms with E-state index in [9.17, 15) is 4.79 Å². The Morgan fingerprint density at radius 2 is 2.21 bits per heavy atom. The summed E-state index contributed by atoms with van der Waals surface area (Å²) in [6.45, 7) is 2.98. The Morgan fingerprint density at radius 1 is 1.42 bits per heavy atom. The van der Waals surface area contributed by atoms with Gasteiger partial charge in [-0.15, -0.1) is 0 Å². The first-order valence-corrected chi connectivity index (χ1v) is 6.88. The van der Waals surface area contributed by atoms with Gasteiger partial charge in [0.15, 0.2) is 5.17 Å². The summed E-state index contributed by atoms with van der Waals surface area (Å²) in [6.07, 6.45) is 3.91. The fourth-order valence-electron chi connectivity index (χ4n) is 2.23. The first-order valence-electron chi connectivity index (χ1n) is 6.06. The minimum Gasteiger partial charge on any atom is -0.347 e. The van der Waals surface area contributed by atoms with E-state index in [-0.39, 0.29) is 11.1 Å². The smallest absolute Gasteiger partial charge is 0.264 e. The van der Waals surface area contributed by atoms with Crippen LogP contribution < -0.4 is 5.32 Å². The maximum absolute atomic E-state index is 11.7. The van der Waals surface area contributed by atoms with Gasteiger partial charge in [0.1, 0.15) is 0 Å². The number of thioether (sulfide) groups is 1. The van der Waals surface area contributed by atoms with Crippen molar-refractivity contribution in [1.29, 1.82) is 5.41 Å². The maximum atomic E-state index is 11.7. The standard InChI is InChI=1S/C14H13N3OS/c1-2-17-8-9(10-5-3-4-6-11(10)17)7-12-13(18)16-14(15)19-12/h3-8H,2H2,1H3,(H2,15,16,18). The van der Waals surface area contributed by atoms with Gasteiger partial charge in [-0.05, 0) is 30.8 Å². The van der Waals surface area contributed by atoms with Gasteiger partial charge < -0.3 is 9.88 Å². The second kappa shape index (κ2) is 4.59. The lowest BCUT2D eigenvalue weighted by atomic mass is 10.1. The second-order valence-electron chi connectivity index (χ2n) is 4.28. The fraction of sp³-hybridized carbons (Fsp3) is 0.143. The molecule has 0 unspecified atom stereocenters. The van der Waals surface area contributed by atoms with Crippen molar-refractivity contribution in [3.63, 3.8) is 0 Å². The van der Waals surface area contributed by atoms with Gasteiger partial charge in [0.25, 0.3) is 5.91 Å². The van der Waals surface area contributed by atoms with Crippen molar-refractivity contribution in [2.24, 2.45) is 0 Å². The Bertz CT molecular complexity index is 715. The SMILES string of the molecule is CCn1cc(C=C2SC(=N)NC2=O)c2ccccc21. The summed E-state index contributed by atoms with van der Waals surface area (Å²) in [4.78, 5) is 12.2. The highest BCUT2D eigenvalue weighted by Crippen LogP contribution is 2.29. The summed E-state index contributed by atoms with van der Waals surface area (Å²) in [5.74, 6) is -0.191. The molecule has 5 heteroatoms. The van der Waals surface area contributed by atoms with Crippen LogP contribution in [0.1, 0.15) is 12.5 Å². The highest BCUT2D eigenvalue weighted by Gasteiger charge is 2.22. The number of nitrogens with one attached hydrogen (secondary N) is 2. The van der Waals surface area contributed by atoms with Gasteiger partial charge in [0.05, 0.1) is 4.91 Å². The molecule has 19 heavy (non-hydrogen) atoms. The summed E-state index contributed by atoms with van der Waals surface area (Å²) in [5, 5.41) is 11.3. The van der Waals surface area contributed by atoms with Gasteiger partial charge in [0.2, 0.25) is 0 Å². The number of aromatic nitrogens is 1. The van der Waals surface area contributed by atoms with Crippen LogP contribution in [0.2, 0.25) is 0 Å². The van der Waals surface area contributed by atoms with Gasteiger partial charge in [-0.25, -0.2) is 0 Å². The molecule has 3 rings (SSSR count). The van der Waals surface area contributed by atoms with Crippen LogP contribution in [0.25, 0.3) is 17.0 Å². The van der Waals surface area contributed by atoms with Crippen LogP contribution in [0.5, 0.6) is 0 Å². The Morgan fingerprint density at radius 3 is 2.89 bits per heavy atom. The van der Waals surface area contributed by atoms with Gasteiger partial charge >= 0.3 is 0 Å². The van der Waals surface area contributed by atoms with Crippen molar-refractivity contribution in [3.8, 4) is 0 Å². The number of aryl methyl sites for hydroxylation is 1. The molecule has 4 nitrogen and oxygen atoms in total. The highest BCUT2D eigenvalue weighted by molar-refractivity contribution is 8.18. The van der Waals surface area contributed by atoms with E-state index in [1.54, 1.807) is 0 Å². The predicted octanol–water partition coefficient (Wildman–Crippen LogP) is 2.80. The average molecular weight is 271 g/mol. The molecule has 1 amide bonds. The molecule has 1 aliphatic rings. The molecule has 0 bridgehead atoms. The van der Waals surface area contributed by atoms with Crippen LogP contribution in [-0.4, -0.2) is 15.6 Å². The molecule has 1 saturated heterocycles. The number of fused-ring (bicyclic) bond motifs is 1. The normalized spacial score (nSPS) is 17.4. The van der Waals surface area contributed by atoms with E-state index in [1.165, 1.54) is 11.8 Å². The van der Waals surface area contributed by atoms with Crippen LogP contribution in [0.3, 0.4) is 0 Å². The van der Waals surface area contributed by atoms with Crippen LogP contribution in [0.15, 0.2) is 35.4 Å². The third-order valence-corrected chi connectivity index (χ3v) is 3.94. The van der Waals surface area contributed by atoms with Crippen molar-refractivity contribution >= 4 is 39.8 Å². The van der Waals surface area contributed by atoms with Crippen molar-refractivity contribution in [1.82, 2.24) is 9.88 Å². The number of para-hydroxylation sites is 1. The average Bonchev–Trinajstić information content (AvgIpc) is 2.91. The van der Waals surface area contributed by atoms with E-state index in [2.05, 4.69) is 28.9 Å². The third-order valence-electron chi connectivity index (χ3n) is 3.11. The Balaban J connectivity index is 2.13. The number of rotatable bonds is 2. The molecule has 1 fully saturated rings. The molecule has 2 aromatic rings. The lowest BCUT2D eigenvalue weighted by Crippen LogP contribution is -2.18. The number of amides is 1. The lowest BCUT2D eigenvalue weighted by Gasteiger charge is -1.97. The summed E-state index contributed by atoms with van der Waals surface area (Å²) >= 11 is 1.17. The molecule has 96 valence electrons. The lowest BCUT2D eigenvalue weighted by molar-refractivity contribution is -0.115. The number of hydrogen-bond acceptors (Lipinski definition) is 3. The molecule has 1 aliphatic heterocycles. The summed E-state index contributed by atoms with van der Waals surface area (Å²) < 4.78 is 2.16. The van der Waals surface area contributed by atoms with Gasteiger partial charge in [-0.3, -0.25) is 10.2 Å². The quantitative estimate of drug-likeness (QED) is 0.825. The van der Waals surface area contributed by atoms with Crippen LogP contribution in [0.4, 0.5) is 0 Å². The highest BCUT2D eigenvalue weighted by atomic mass is 32.2. The third kappa shape index (κ3) is 2.06. The molecule has 2 N–H and O–H groups in total. The number of carbonyl (C=O) groups is 1. The number of carbonyl (C=O) groups excluding carboxylic acids is 1. The zero-order chi connectivity index (χ0) is 13.4. The molecule has 2 heterocycles. The number of nitrogens with zero attached hydrogens (tertiary/aromatic N) is 1. The molecule has 1 aromatic heterocycles. The summed E-state index contributed by atoms with van der Waals surface area (Å²) in [5.41, 5.74) is 2.18. The topological polar surface area (TPSA) is 57.9 Å². The van der Waals surface area contributed by atoms with Crippen LogP contribution in [0, 0.1) is 5.41 Å². The molecule has 0 saturated carbocycles. The Kier molecular flexibility index (Phi) is 2.91. The first kappa shape index (κ1) is 12.0. The largest absolute Gasteiger partial charge is 0.347 e. The zero-order valence-corrected chi connectivity index (χ0v) is 11.3. The van der Waals surface area contributed by atoms with E-state index in [4.69, 9.17) is 5.41 Å². The molecule has 0 atom stereocenters. The van der Waals surface area contributed by atoms with E-state index >= 15 is 0 Å². The molecule has 1 aromatic carbocycles. The van der Waals surface area contributed by atoms with Crippen molar-refractivity contribution in [3.05, 3.63) is 40.9 Å². The van der Waals surface area contributed by atoms with Crippen molar-refractivity contribution in [2.75, 3.05) is 0 Å². The Hall–Kier alpha value is -2.01. The second-order valence-corrected chi connectivity index (χ2v) is 5.33. The van der Waals surface area contributed by atoms with Crippen LogP contribution in [-0.2, 0) is 11.3 Å². The molecular formula is C14H13N3OS. The number of hydrogen-bond donors (Lipinski definition) is 2. The van der Waals surface area contributed by atoms with E-state index < -0.39 is 0 Å². The fourth-order valence-corrected chi connectivity index (χ4v) is 2.93. The molecule has 0 aliphatic carbocycles. The minimum atomic E-state index is -0.191. The molecule has 0 spiro atoms. The predicted molar refractivity (Wildman–Crippen MR) is 79.0 cm³/mol. The zero-order valence-electron chi connectivity index (χ0n) is 10.4. The first-order chi connectivity index (χ1) is 9.19. The number of benzene rings is 1. The van der Waals surface area contributed by atoms with E-state index in [0.29, 0.717) is 4.91 Å².